The maximum atomic E-state index is 13.5. The van der Waals surface area contributed by atoms with E-state index in [4.69, 9.17) is 16.3 Å². The predicted molar refractivity (Wildman–Crippen MR) is 119 cm³/mol. The summed E-state index contributed by atoms with van der Waals surface area (Å²) >= 11 is 6.04. The number of methoxy groups -OCH3 is 1. The number of imide groups is 1. The van der Waals surface area contributed by atoms with Crippen molar-refractivity contribution in [1.29, 1.82) is 0 Å². The van der Waals surface area contributed by atoms with Gasteiger partial charge in [0.15, 0.2) is 0 Å². The van der Waals surface area contributed by atoms with Crippen LogP contribution in [-0.4, -0.2) is 18.9 Å². The molecule has 3 aromatic carbocycles. The van der Waals surface area contributed by atoms with Crippen molar-refractivity contribution in [3.05, 3.63) is 94.4 Å². The zero-order valence-electron chi connectivity index (χ0n) is 16.8. The van der Waals surface area contributed by atoms with Gasteiger partial charge >= 0.3 is 0 Å². The first kappa shape index (κ1) is 20.6. The molecule has 0 spiro atoms. The first-order valence-electron chi connectivity index (χ1n) is 9.45. The van der Waals surface area contributed by atoms with Crippen LogP contribution in [0.25, 0.3) is 5.57 Å². The topological polar surface area (TPSA) is 58.6 Å². The number of hydrogen-bond acceptors (Lipinski definition) is 4. The van der Waals surface area contributed by atoms with Gasteiger partial charge in [-0.3, -0.25) is 9.59 Å². The zero-order valence-corrected chi connectivity index (χ0v) is 17.5. The van der Waals surface area contributed by atoms with E-state index in [1.807, 2.05) is 6.92 Å². The molecule has 1 N–H and O–H groups in total. The largest absolute Gasteiger partial charge is 0.497 e. The Morgan fingerprint density at radius 1 is 0.935 bits per heavy atom. The van der Waals surface area contributed by atoms with Gasteiger partial charge in [-0.2, -0.15) is 0 Å². The summed E-state index contributed by atoms with van der Waals surface area (Å²) in [6.07, 6.45) is 0. The molecule has 156 valence electrons. The maximum Gasteiger partial charge on any atom is 0.282 e. The molecule has 1 aliphatic rings. The molecule has 0 atom stereocenters. The number of nitrogens with one attached hydrogen (secondary N) is 1. The molecule has 1 heterocycles. The van der Waals surface area contributed by atoms with E-state index in [1.54, 1.807) is 42.5 Å². The number of carbonyl (C=O) groups is 2. The van der Waals surface area contributed by atoms with E-state index in [1.165, 1.54) is 31.4 Å². The van der Waals surface area contributed by atoms with E-state index < -0.39 is 17.6 Å². The fraction of sp³-hybridized carbons (Fsp3) is 0.0833. The van der Waals surface area contributed by atoms with Crippen LogP contribution in [0.2, 0.25) is 5.02 Å². The molecule has 5 nitrogen and oxygen atoms in total. The normalized spacial score (nSPS) is 13.7. The van der Waals surface area contributed by atoms with Crippen LogP contribution < -0.4 is 15.0 Å². The van der Waals surface area contributed by atoms with Crippen LogP contribution in [0.1, 0.15) is 11.1 Å². The van der Waals surface area contributed by atoms with Crippen LogP contribution in [0.4, 0.5) is 15.8 Å². The number of rotatable bonds is 5. The number of carbonyl (C=O) groups excluding carboxylic acids is 2. The van der Waals surface area contributed by atoms with Crippen LogP contribution in [0.15, 0.2) is 72.4 Å². The first-order valence-corrected chi connectivity index (χ1v) is 9.83. The molecule has 0 radical (unpaired) electrons. The molecule has 2 amide bonds. The third-order valence-electron chi connectivity index (χ3n) is 5.00. The van der Waals surface area contributed by atoms with Crippen LogP contribution in [-0.2, 0) is 9.59 Å². The van der Waals surface area contributed by atoms with Crippen LogP contribution in [0.5, 0.6) is 5.75 Å². The van der Waals surface area contributed by atoms with Gasteiger partial charge in [0, 0.05) is 10.7 Å². The molecule has 1 aliphatic heterocycles. The first-order chi connectivity index (χ1) is 14.9. The molecule has 3 aromatic rings. The van der Waals surface area contributed by atoms with Gasteiger partial charge in [0.1, 0.15) is 17.3 Å². The maximum absolute atomic E-state index is 13.5. The van der Waals surface area contributed by atoms with Crippen LogP contribution in [0, 0.1) is 12.7 Å². The number of ether oxygens (including phenoxy) is 1. The third-order valence-corrected chi connectivity index (χ3v) is 5.23. The minimum absolute atomic E-state index is 0.109. The second-order valence-corrected chi connectivity index (χ2v) is 7.42. The quantitative estimate of drug-likeness (QED) is 0.559. The smallest absolute Gasteiger partial charge is 0.282 e. The van der Waals surface area contributed by atoms with Gasteiger partial charge in [-0.1, -0.05) is 23.7 Å². The van der Waals surface area contributed by atoms with Crippen molar-refractivity contribution in [3.8, 4) is 5.75 Å². The van der Waals surface area contributed by atoms with Crippen molar-refractivity contribution in [1.82, 2.24) is 0 Å². The number of halogens is 2. The van der Waals surface area contributed by atoms with Crippen molar-refractivity contribution in [2.45, 2.75) is 6.92 Å². The van der Waals surface area contributed by atoms with Gasteiger partial charge in [-0.05, 0) is 72.6 Å². The highest BCUT2D eigenvalue weighted by atomic mass is 35.5. The summed E-state index contributed by atoms with van der Waals surface area (Å²) in [6.45, 7) is 1.84. The van der Waals surface area contributed by atoms with Crippen molar-refractivity contribution in [3.63, 3.8) is 0 Å². The minimum Gasteiger partial charge on any atom is -0.497 e. The average molecular weight is 437 g/mol. The summed E-state index contributed by atoms with van der Waals surface area (Å²) in [5, 5.41) is 3.65. The van der Waals surface area contributed by atoms with E-state index in [-0.39, 0.29) is 11.3 Å². The summed E-state index contributed by atoms with van der Waals surface area (Å²) in [5.41, 5.74) is 2.55. The molecule has 0 fully saturated rings. The van der Waals surface area contributed by atoms with Gasteiger partial charge in [0.25, 0.3) is 11.8 Å². The van der Waals surface area contributed by atoms with E-state index in [2.05, 4.69) is 5.32 Å². The summed E-state index contributed by atoms with van der Waals surface area (Å²) in [4.78, 5) is 27.8. The number of nitrogens with zero attached hydrogens (tertiary/aromatic N) is 1. The fourth-order valence-electron chi connectivity index (χ4n) is 3.40. The Morgan fingerprint density at radius 3 is 2.23 bits per heavy atom. The molecule has 0 aromatic heterocycles. The molecule has 4 rings (SSSR count). The highest BCUT2D eigenvalue weighted by Gasteiger charge is 2.40. The van der Waals surface area contributed by atoms with Crippen molar-refractivity contribution < 1.29 is 18.7 Å². The highest BCUT2D eigenvalue weighted by molar-refractivity contribution is 6.46. The van der Waals surface area contributed by atoms with Gasteiger partial charge in [-0.25, -0.2) is 9.29 Å². The van der Waals surface area contributed by atoms with Crippen molar-refractivity contribution in [2.75, 3.05) is 17.3 Å². The van der Waals surface area contributed by atoms with Crippen LogP contribution in [0.3, 0.4) is 0 Å². The SMILES string of the molecule is COc1ccc(N2C(=O)C(Nc3ccc(Cl)cc3C)=C(c3ccc(F)cc3)C2=O)cc1. The van der Waals surface area contributed by atoms with Gasteiger partial charge in [0.05, 0.1) is 18.4 Å². The summed E-state index contributed by atoms with van der Waals surface area (Å²) in [5.74, 6) is -0.847. The molecular weight excluding hydrogens is 419 g/mol. The van der Waals surface area contributed by atoms with Gasteiger partial charge in [0.2, 0.25) is 0 Å². The highest BCUT2D eigenvalue weighted by Crippen LogP contribution is 2.35. The molecular formula is C24H18ClFN2O3. The molecule has 0 unspecified atom stereocenters. The average Bonchev–Trinajstić information content (AvgIpc) is 3.00. The monoisotopic (exact) mass is 436 g/mol. The Morgan fingerprint density at radius 2 is 1.61 bits per heavy atom. The van der Waals surface area contributed by atoms with Gasteiger partial charge < -0.3 is 10.1 Å². The molecule has 0 aliphatic carbocycles. The Balaban J connectivity index is 1.81. The Bertz CT molecular complexity index is 1200. The molecule has 31 heavy (non-hydrogen) atoms. The second kappa shape index (κ2) is 8.24. The lowest BCUT2D eigenvalue weighted by atomic mass is 10.0. The Kier molecular flexibility index (Phi) is 5.48. The summed E-state index contributed by atoms with van der Waals surface area (Å²) < 4.78 is 18.6. The zero-order chi connectivity index (χ0) is 22.1. The molecule has 7 heteroatoms. The van der Waals surface area contributed by atoms with Crippen molar-refractivity contribution in [2.24, 2.45) is 0 Å². The second-order valence-electron chi connectivity index (χ2n) is 6.98. The van der Waals surface area contributed by atoms with Gasteiger partial charge in [-0.15, -0.1) is 0 Å². The Hall–Kier alpha value is -3.64. The van der Waals surface area contributed by atoms with Crippen molar-refractivity contribution >= 4 is 40.4 Å². The molecule has 0 bridgehead atoms. The lowest BCUT2D eigenvalue weighted by molar-refractivity contribution is -0.120. The minimum atomic E-state index is -0.510. The van der Waals surface area contributed by atoms with E-state index in [0.29, 0.717) is 27.7 Å². The standard InChI is InChI=1S/C24H18ClFN2O3/c1-14-13-16(25)5-12-20(14)27-22-21(15-3-6-17(26)7-4-15)23(29)28(24(22)30)18-8-10-19(31-2)11-9-18/h3-13,27H,1-2H3. The van der Waals surface area contributed by atoms with E-state index >= 15 is 0 Å². The third kappa shape index (κ3) is 3.90. The number of amides is 2. The summed E-state index contributed by atoms with van der Waals surface area (Å²) in [7, 11) is 1.53. The van der Waals surface area contributed by atoms with E-state index in [9.17, 15) is 14.0 Å². The number of benzene rings is 3. The number of hydrogen-bond donors (Lipinski definition) is 1. The Labute approximate surface area is 183 Å². The van der Waals surface area contributed by atoms with E-state index in [0.717, 1.165) is 10.5 Å². The van der Waals surface area contributed by atoms with Crippen LogP contribution >= 0.6 is 11.6 Å². The lowest BCUT2D eigenvalue weighted by Gasteiger charge is -2.16. The fourth-order valence-corrected chi connectivity index (χ4v) is 3.62. The molecule has 0 saturated carbocycles. The summed E-state index contributed by atoms with van der Waals surface area (Å²) in [6, 6.07) is 17.2. The number of anilines is 2. The predicted octanol–water partition coefficient (Wildman–Crippen LogP) is 5.19. The number of aryl methyl sites for hydroxylation is 1. The lowest BCUT2D eigenvalue weighted by Crippen LogP contribution is -2.32. The molecule has 0 saturated heterocycles.